The van der Waals surface area contributed by atoms with Gasteiger partial charge in [0.15, 0.2) is 0 Å². The first-order valence-corrected chi connectivity index (χ1v) is 6.45. The topological polar surface area (TPSA) is 26.0 Å². The highest BCUT2D eigenvalue weighted by Crippen LogP contribution is 2.31. The number of hydrogen-bond acceptors (Lipinski definition) is 2. The van der Waals surface area contributed by atoms with Crippen LogP contribution in [0.2, 0.25) is 5.02 Å². The summed E-state index contributed by atoms with van der Waals surface area (Å²) in [5, 5.41) is 0.674. The molecule has 0 aliphatic rings. The Morgan fingerprint density at radius 2 is 1.88 bits per heavy atom. The second-order valence-corrected chi connectivity index (χ2v) is 4.95. The molecular weight excluding hydrogens is 257 g/mol. The van der Waals surface area contributed by atoms with Crippen LogP contribution in [0.25, 0.3) is 0 Å². The van der Waals surface area contributed by atoms with E-state index in [1.54, 1.807) is 12.1 Å². The van der Waals surface area contributed by atoms with Crippen molar-refractivity contribution in [1.82, 2.24) is 0 Å². The van der Waals surface area contributed by atoms with E-state index in [2.05, 4.69) is 0 Å². The Balaban J connectivity index is 2.16. The number of anilines is 1. The largest absolute Gasteiger partial charge is 0.398 e. The number of benzene rings is 2. The summed E-state index contributed by atoms with van der Waals surface area (Å²) in [5.74, 6) is 0.201. The van der Waals surface area contributed by atoms with Gasteiger partial charge in [-0.05, 0) is 24.3 Å². The number of halogens is 2. The van der Waals surface area contributed by atoms with Crippen LogP contribution in [-0.2, 0) is 5.75 Å². The van der Waals surface area contributed by atoms with Crippen molar-refractivity contribution in [2.45, 2.75) is 10.6 Å². The first-order chi connectivity index (χ1) is 8.18. The summed E-state index contributed by atoms with van der Waals surface area (Å²) in [4.78, 5) is 0.928. The third-order valence-corrected chi connectivity index (χ3v) is 3.91. The van der Waals surface area contributed by atoms with E-state index in [0.29, 0.717) is 22.0 Å². The van der Waals surface area contributed by atoms with E-state index in [0.717, 1.165) is 4.90 Å². The molecule has 0 saturated heterocycles. The monoisotopic (exact) mass is 267 g/mol. The molecule has 0 aromatic heterocycles. The quantitative estimate of drug-likeness (QED) is 0.661. The van der Waals surface area contributed by atoms with Crippen molar-refractivity contribution >= 4 is 29.1 Å². The fourth-order valence-corrected chi connectivity index (χ4v) is 2.72. The summed E-state index contributed by atoms with van der Waals surface area (Å²) in [6, 6.07) is 12.2. The number of hydrogen-bond donors (Lipinski definition) is 1. The molecule has 88 valence electrons. The molecule has 0 saturated carbocycles. The zero-order chi connectivity index (χ0) is 12.3. The minimum atomic E-state index is -0.274. The molecule has 0 amide bonds. The predicted octanol–water partition coefficient (Wildman–Crippen LogP) is 4.35. The van der Waals surface area contributed by atoms with Crippen molar-refractivity contribution < 1.29 is 4.39 Å². The Kier molecular flexibility index (Phi) is 3.92. The van der Waals surface area contributed by atoms with Crippen LogP contribution in [0, 0.1) is 5.82 Å². The molecule has 0 aliphatic carbocycles. The third kappa shape index (κ3) is 2.93. The molecule has 0 unspecified atom stereocenters. The molecule has 17 heavy (non-hydrogen) atoms. The number of nitrogens with two attached hydrogens (primary N) is 1. The van der Waals surface area contributed by atoms with Gasteiger partial charge in [0, 0.05) is 21.9 Å². The van der Waals surface area contributed by atoms with Gasteiger partial charge in [0.05, 0.1) is 5.02 Å². The first-order valence-electron chi connectivity index (χ1n) is 5.08. The Labute approximate surface area is 109 Å². The van der Waals surface area contributed by atoms with E-state index in [-0.39, 0.29) is 5.82 Å². The maximum atomic E-state index is 13.5. The van der Waals surface area contributed by atoms with E-state index < -0.39 is 0 Å². The van der Waals surface area contributed by atoms with Gasteiger partial charge in [0.2, 0.25) is 0 Å². The van der Waals surface area contributed by atoms with E-state index in [1.165, 1.54) is 17.8 Å². The molecular formula is C13H11ClFNS. The van der Waals surface area contributed by atoms with Crippen LogP contribution in [0.1, 0.15) is 5.56 Å². The lowest BCUT2D eigenvalue weighted by Crippen LogP contribution is -1.96. The summed E-state index contributed by atoms with van der Waals surface area (Å²) in [7, 11) is 0. The van der Waals surface area contributed by atoms with Crippen LogP contribution in [-0.4, -0.2) is 0 Å². The van der Waals surface area contributed by atoms with Crippen molar-refractivity contribution in [3.8, 4) is 0 Å². The van der Waals surface area contributed by atoms with Gasteiger partial charge in [-0.25, -0.2) is 4.39 Å². The first kappa shape index (κ1) is 12.3. The van der Waals surface area contributed by atoms with E-state index >= 15 is 0 Å². The molecule has 2 N–H and O–H groups in total. The molecule has 2 rings (SSSR count). The van der Waals surface area contributed by atoms with Gasteiger partial charge in [-0.1, -0.05) is 29.8 Å². The Morgan fingerprint density at radius 1 is 1.12 bits per heavy atom. The average molecular weight is 268 g/mol. The van der Waals surface area contributed by atoms with E-state index in [1.807, 2.05) is 24.3 Å². The zero-order valence-electron chi connectivity index (χ0n) is 8.99. The lowest BCUT2D eigenvalue weighted by molar-refractivity contribution is 0.618. The molecule has 0 bridgehead atoms. The number of thioether (sulfide) groups is 1. The molecule has 0 radical (unpaired) electrons. The van der Waals surface area contributed by atoms with Crippen molar-refractivity contribution in [3.63, 3.8) is 0 Å². The van der Waals surface area contributed by atoms with Crippen molar-refractivity contribution in [3.05, 3.63) is 58.9 Å². The van der Waals surface area contributed by atoms with Gasteiger partial charge in [-0.2, -0.15) is 0 Å². The summed E-state index contributed by atoms with van der Waals surface area (Å²) < 4.78 is 13.5. The molecule has 2 aromatic rings. The summed E-state index contributed by atoms with van der Waals surface area (Å²) in [6.45, 7) is 0. The smallest absolute Gasteiger partial charge is 0.129 e. The van der Waals surface area contributed by atoms with E-state index in [4.69, 9.17) is 17.3 Å². The summed E-state index contributed by atoms with van der Waals surface area (Å²) in [6.07, 6.45) is 0. The Bertz CT molecular complexity index is 510. The molecule has 0 atom stereocenters. The van der Waals surface area contributed by atoms with Crippen LogP contribution < -0.4 is 5.73 Å². The van der Waals surface area contributed by atoms with Crippen molar-refractivity contribution in [2.75, 3.05) is 5.73 Å². The predicted molar refractivity (Wildman–Crippen MR) is 71.8 cm³/mol. The second kappa shape index (κ2) is 5.43. The molecule has 0 spiro atoms. The lowest BCUT2D eigenvalue weighted by atomic mass is 10.2. The number of nitrogen functional groups attached to an aromatic ring is 1. The molecule has 0 aliphatic heterocycles. The van der Waals surface area contributed by atoms with Crippen LogP contribution in [0.15, 0.2) is 47.4 Å². The Morgan fingerprint density at radius 3 is 2.59 bits per heavy atom. The molecule has 0 heterocycles. The highest BCUT2D eigenvalue weighted by atomic mass is 35.5. The van der Waals surface area contributed by atoms with Gasteiger partial charge < -0.3 is 5.73 Å². The highest BCUT2D eigenvalue weighted by molar-refractivity contribution is 7.98. The van der Waals surface area contributed by atoms with Gasteiger partial charge >= 0.3 is 0 Å². The minimum absolute atomic E-state index is 0.274. The van der Waals surface area contributed by atoms with Crippen LogP contribution >= 0.6 is 23.4 Å². The van der Waals surface area contributed by atoms with Gasteiger partial charge in [0.1, 0.15) is 5.82 Å². The van der Waals surface area contributed by atoms with E-state index in [9.17, 15) is 4.39 Å². The number of rotatable bonds is 3. The van der Waals surface area contributed by atoms with Gasteiger partial charge in [0.25, 0.3) is 0 Å². The molecule has 2 aromatic carbocycles. The van der Waals surface area contributed by atoms with Crippen LogP contribution in [0.4, 0.5) is 10.1 Å². The van der Waals surface area contributed by atoms with Gasteiger partial charge in [-0.15, -0.1) is 11.8 Å². The van der Waals surface area contributed by atoms with Crippen molar-refractivity contribution in [2.24, 2.45) is 0 Å². The van der Waals surface area contributed by atoms with Crippen molar-refractivity contribution in [1.29, 1.82) is 0 Å². The molecule has 4 heteroatoms. The standard InChI is InChI=1S/C13H11ClFNS/c14-10-4-1-2-7-13(10)17-8-9-11(15)5-3-6-12(9)16/h1-7H,8,16H2. The second-order valence-electron chi connectivity index (χ2n) is 3.53. The van der Waals surface area contributed by atoms with Crippen LogP contribution in [0.5, 0.6) is 0 Å². The Hall–Kier alpha value is -1.19. The maximum absolute atomic E-state index is 13.5. The van der Waals surface area contributed by atoms with Gasteiger partial charge in [-0.3, -0.25) is 0 Å². The maximum Gasteiger partial charge on any atom is 0.129 e. The average Bonchev–Trinajstić information content (AvgIpc) is 2.30. The minimum Gasteiger partial charge on any atom is -0.398 e. The lowest BCUT2D eigenvalue weighted by Gasteiger charge is -2.07. The molecule has 1 nitrogen and oxygen atoms in total. The fourth-order valence-electron chi connectivity index (χ4n) is 1.44. The van der Waals surface area contributed by atoms with Crippen LogP contribution in [0.3, 0.4) is 0 Å². The molecule has 0 fully saturated rings. The summed E-state index contributed by atoms with van der Waals surface area (Å²) in [5.41, 5.74) is 6.74. The summed E-state index contributed by atoms with van der Waals surface area (Å²) >= 11 is 7.50. The zero-order valence-corrected chi connectivity index (χ0v) is 10.6. The SMILES string of the molecule is Nc1cccc(F)c1CSc1ccccc1Cl. The highest BCUT2D eigenvalue weighted by Gasteiger charge is 2.07. The third-order valence-electron chi connectivity index (χ3n) is 2.36. The normalized spacial score (nSPS) is 10.5. The fraction of sp³-hybridized carbons (Fsp3) is 0.0769.